The van der Waals surface area contributed by atoms with Crippen molar-refractivity contribution in [3.63, 3.8) is 0 Å². The van der Waals surface area contributed by atoms with Gasteiger partial charge in [-0.2, -0.15) is 0 Å². The number of benzene rings is 1. The van der Waals surface area contributed by atoms with Crippen molar-refractivity contribution < 1.29 is 9.90 Å². The number of rotatable bonds is 1. The van der Waals surface area contributed by atoms with Gasteiger partial charge in [-0.05, 0) is 18.2 Å². The third-order valence-corrected chi connectivity index (χ3v) is 2.82. The van der Waals surface area contributed by atoms with Crippen LogP contribution in [0, 0.1) is 0 Å². The molecule has 0 amide bonds. The monoisotopic (exact) mass is 214 g/mol. The molecule has 1 aromatic carbocycles. The number of carbonyl (C=O) groups is 1. The summed E-state index contributed by atoms with van der Waals surface area (Å²) in [6.45, 7) is 0.795. The third-order valence-electron chi connectivity index (χ3n) is 2.82. The van der Waals surface area contributed by atoms with Crippen LogP contribution in [-0.2, 0) is 0 Å². The number of carboxylic acid groups (broad SMARTS) is 1. The molecule has 80 valence electrons. The second-order valence-electron chi connectivity index (χ2n) is 3.73. The fraction of sp³-hybridized carbons (Fsp3) is 0.0833. The molecule has 0 saturated carbocycles. The van der Waals surface area contributed by atoms with Crippen LogP contribution in [-0.4, -0.2) is 17.6 Å². The molecule has 0 saturated heterocycles. The molecule has 0 bridgehead atoms. The van der Waals surface area contributed by atoms with Crippen molar-refractivity contribution in [2.24, 2.45) is 0 Å². The van der Waals surface area contributed by atoms with E-state index in [1.807, 2.05) is 18.3 Å². The first kappa shape index (κ1) is 9.03. The molecule has 0 aromatic heterocycles. The SMILES string of the molecule is O=C(O)c1cccc2c1NC=C1C=CCN12. The molecule has 2 aliphatic heterocycles. The number of para-hydroxylation sites is 1. The molecular formula is C12H10N2O2. The van der Waals surface area contributed by atoms with E-state index in [4.69, 9.17) is 5.11 Å². The summed E-state index contributed by atoms with van der Waals surface area (Å²) in [4.78, 5) is 13.2. The van der Waals surface area contributed by atoms with Crippen LogP contribution in [0.5, 0.6) is 0 Å². The first-order valence-corrected chi connectivity index (χ1v) is 5.04. The average molecular weight is 214 g/mol. The van der Waals surface area contributed by atoms with Gasteiger partial charge in [0, 0.05) is 12.7 Å². The molecule has 0 radical (unpaired) electrons. The Balaban J connectivity index is 2.16. The molecule has 2 N–H and O–H groups in total. The molecule has 0 aliphatic carbocycles. The van der Waals surface area contributed by atoms with Crippen LogP contribution in [0.4, 0.5) is 11.4 Å². The summed E-state index contributed by atoms with van der Waals surface area (Å²) in [5.41, 5.74) is 2.96. The highest BCUT2D eigenvalue weighted by Crippen LogP contribution is 2.37. The predicted octanol–water partition coefficient (Wildman–Crippen LogP) is 2.03. The summed E-state index contributed by atoms with van der Waals surface area (Å²) < 4.78 is 0. The topological polar surface area (TPSA) is 52.6 Å². The zero-order chi connectivity index (χ0) is 11.1. The lowest BCUT2D eigenvalue weighted by molar-refractivity contribution is 0.0698. The van der Waals surface area contributed by atoms with Gasteiger partial charge in [-0.1, -0.05) is 12.1 Å². The molecule has 0 fully saturated rings. The molecule has 0 spiro atoms. The zero-order valence-corrected chi connectivity index (χ0v) is 8.47. The van der Waals surface area contributed by atoms with Gasteiger partial charge in [0.05, 0.1) is 22.6 Å². The minimum atomic E-state index is -0.909. The minimum Gasteiger partial charge on any atom is -0.478 e. The fourth-order valence-electron chi connectivity index (χ4n) is 2.08. The summed E-state index contributed by atoms with van der Waals surface area (Å²) in [6.07, 6.45) is 5.90. The Morgan fingerprint density at radius 2 is 2.31 bits per heavy atom. The number of allylic oxidation sites excluding steroid dienone is 1. The fourth-order valence-corrected chi connectivity index (χ4v) is 2.08. The number of carboxylic acids is 1. The van der Waals surface area contributed by atoms with Gasteiger partial charge in [0.1, 0.15) is 0 Å². The Kier molecular flexibility index (Phi) is 1.77. The Bertz CT molecular complexity index is 532. The van der Waals surface area contributed by atoms with Gasteiger partial charge in [-0.3, -0.25) is 0 Å². The molecular weight excluding hydrogens is 204 g/mol. The Hall–Kier alpha value is -2.23. The molecule has 3 rings (SSSR count). The second-order valence-corrected chi connectivity index (χ2v) is 3.73. The molecule has 4 nitrogen and oxygen atoms in total. The van der Waals surface area contributed by atoms with Gasteiger partial charge in [-0.25, -0.2) is 4.79 Å². The van der Waals surface area contributed by atoms with Crippen molar-refractivity contribution in [1.82, 2.24) is 0 Å². The lowest BCUT2D eigenvalue weighted by Gasteiger charge is -2.28. The lowest BCUT2D eigenvalue weighted by atomic mass is 10.1. The number of nitrogens with zero attached hydrogens (tertiary/aromatic N) is 1. The molecule has 2 aliphatic rings. The zero-order valence-electron chi connectivity index (χ0n) is 8.47. The van der Waals surface area contributed by atoms with Gasteiger partial charge in [-0.15, -0.1) is 0 Å². The van der Waals surface area contributed by atoms with Crippen molar-refractivity contribution in [3.05, 3.63) is 47.8 Å². The van der Waals surface area contributed by atoms with Crippen molar-refractivity contribution in [3.8, 4) is 0 Å². The normalized spacial score (nSPS) is 16.2. The Morgan fingerprint density at radius 1 is 1.44 bits per heavy atom. The number of aromatic carboxylic acids is 1. The summed E-state index contributed by atoms with van der Waals surface area (Å²) in [6, 6.07) is 5.30. The van der Waals surface area contributed by atoms with Gasteiger partial charge < -0.3 is 15.3 Å². The quantitative estimate of drug-likeness (QED) is 0.751. The summed E-state index contributed by atoms with van der Waals surface area (Å²) in [7, 11) is 0. The number of hydrogen-bond donors (Lipinski definition) is 2. The molecule has 1 aromatic rings. The number of nitrogens with one attached hydrogen (secondary N) is 1. The lowest BCUT2D eigenvalue weighted by Crippen LogP contribution is -2.23. The maximum Gasteiger partial charge on any atom is 0.337 e. The van der Waals surface area contributed by atoms with E-state index in [1.165, 1.54) is 0 Å². The second kappa shape index (κ2) is 3.13. The third kappa shape index (κ3) is 1.13. The first-order valence-electron chi connectivity index (χ1n) is 5.04. The summed E-state index contributed by atoms with van der Waals surface area (Å²) in [5, 5.41) is 12.1. The number of anilines is 2. The maximum absolute atomic E-state index is 11.1. The Labute approximate surface area is 92.5 Å². The average Bonchev–Trinajstić information content (AvgIpc) is 2.76. The van der Waals surface area contributed by atoms with Gasteiger partial charge in [0.15, 0.2) is 0 Å². The van der Waals surface area contributed by atoms with E-state index in [0.29, 0.717) is 11.3 Å². The van der Waals surface area contributed by atoms with Gasteiger partial charge in [0.25, 0.3) is 0 Å². The number of hydrogen-bond acceptors (Lipinski definition) is 3. The highest BCUT2D eigenvalue weighted by molar-refractivity contribution is 5.99. The van der Waals surface area contributed by atoms with Crippen LogP contribution in [0.2, 0.25) is 0 Å². The molecule has 0 atom stereocenters. The Morgan fingerprint density at radius 3 is 3.12 bits per heavy atom. The minimum absolute atomic E-state index is 0.305. The van der Waals surface area contributed by atoms with E-state index in [0.717, 1.165) is 17.9 Å². The van der Waals surface area contributed by atoms with Crippen molar-refractivity contribution in [1.29, 1.82) is 0 Å². The standard InChI is InChI=1S/C12H10N2O2/c15-12(16)9-4-1-5-10-11(9)13-7-8-3-2-6-14(8)10/h1-5,7,13H,6H2,(H,15,16). The molecule has 4 heteroatoms. The van der Waals surface area contributed by atoms with Crippen molar-refractivity contribution >= 4 is 17.3 Å². The van der Waals surface area contributed by atoms with Gasteiger partial charge in [0.2, 0.25) is 0 Å². The predicted molar refractivity (Wildman–Crippen MR) is 61.6 cm³/mol. The van der Waals surface area contributed by atoms with E-state index >= 15 is 0 Å². The van der Waals surface area contributed by atoms with E-state index in [9.17, 15) is 4.79 Å². The number of fused-ring (bicyclic) bond motifs is 3. The largest absolute Gasteiger partial charge is 0.478 e. The molecule has 0 unspecified atom stereocenters. The van der Waals surface area contributed by atoms with Gasteiger partial charge >= 0.3 is 5.97 Å². The highest BCUT2D eigenvalue weighted by atomic mass is 16.4. The van der Waals surface area contributed by atoms with Crippen molar-refractivity contribution in [2.75, 3.05) is 16.8 Å². The molecule has 2 heterocycles. The van der Waals surface area contributed by atoms with Crippen LogP contribution < -0.4 is 10.2 Å². The first-order chi connectivity index (χ1) is 7.77. The maximum atomic E-state index is 11.1. The molecule has 16 heavy (non-hydrogen) atoms. The van der Waals surface area contributed by atoms with Crippen molar-refractivity contribution in [2.45, 2.75) is 0 Å². The highest BCUT2D eigenvalue weighted by Gasteiger charge is 2.24. The van der Waals surface area contributed by atoms with Crippen LogP contribution in [0.1, 0.15) is 10.4 Å². The summed E-state index contributed by atoms with van der Waals surface area (Å²) in [5.74, 6) is -0.909. The smallest absolute Gasteiger partial charge is 0.337 e. The van der Waals surface area contributed by atoms with Crippen LogP contribution in [0.3, 0.4) is 0 Å². The van der Waals surface area contributed by atoms with E-state index in [-0.39, 0.29) is 0 Å². The summed E-state index contributed by atoms with van der Waals surface area (Å²) >= 11 is 0. The van der Waals surface area contributed by atoms with Crippen LogP contribution >= 0.6 is 0 Å². The van der Waals surface area contributed by atoms with E-state index in [1.54, 1.807) is 12.1 Å². The van der Waals surface area contributed by atoms with Crippen LogP contribution in [0.15, 0.2) is 42.2 Å². The van der Waals surface area contributed by atoms with Crippen LogP contribution in [0.25, 0.3) is 0 Å². The van der Waals surface area contributed by atoms with E-state index in [2.05, 4.69) is 16.3 Å². The van der Waals surface area contributed by atoms with E-state index < -0.39 is 5.97 Å².